The lowest BCUT2D eigenvalue weighted by Crippen LogP contribution is -2.29. The highest BCUT2D eigenvalue weighted by molar-refractivity contribution is 6.31. The smallest absolute Gasteiger partial charge is 0.341 e. The summed E-state index contributed by atoms with van der Waals surface area (Å²) in [6.45, 7) is 3.33. The second-order valence-electron chi connectivity index (χ2n) is 9.58. The largest absolute Gasteiger partial charge is 0.479 e. The highest BCUT2D eigenvalue weighted by atomic mass is 35.5. The Hall–Kier alpha value is -4.28. The third-order valence-corrected chi connectivity index (χ3v) is 6.86. The number of amides is 1. The van der Waals surface area contributed by atoms with Crippen molar-refractivity contribution in [1.29, 1.82) is 5.41 Å². The summed E-state index contributed by atoms with van der Waals surface area (Å²) in [6.07, 6.45) is 0.984. The first-order valence-corrected chi connectivity index (χ1v) is 13.3. The van der Waals surface area contributed by atoms with E-state index in [0.717, 1.165) is 43.9 Å². The molecule has 0 saturated carbocycles. The van der Waals surface area contributed by atoms with Crippen molar-refractivity contribution in [2.75, 3.05) is 55.4 Å². The second-order valence-corrected chi connectivity index (χ2v) is 10.0. The number of rotatable bonds is 10. The number of likely N-dealkylation sites (N-methyl/N-ethyl adjacent to an activating group) is 1. The van der Waals surface area contributed by atoms with Crippen LogP contribution >= 0.6 is 11.6 Å². The Labute approximate surface area is 238 Å². The molecule has 210 valence electrons. The molecule has 1 saturated heterocycles. The van der Waals surface area contributed by atoms with E-state index >= 15 is 0 Å². The molecule has 0 unspecified atom stereocenters. The first-order chi connectivity index (χ1) is 19.2. The van der Waals surface area contributed by atoms with Crippen LogP contribution in [0.5, 0.6) is 5.75 Å². The summed E-state index contributed by atoms with van der Waals surface area (Å²) >= 11 is 6.23. The van der Waals surface area contributed by atoms with Crippen molar-refractivity contribution in [3.63, 3.8) is 0 Å². The maximum Gasteiger partial charge on any atom is 0.341 e. The van der Waals surface area contributed by atoms with Gasteiger partial charge in [0, 0.05) is 53.7 Å². The van der Waals surface area contributed by atoms with Crippen LogP contribution < -0.4 is 26.0 Å². The van der Waals surface area contributed by atoms with Crippen molar-refractivity contribution in [2.24, 2.45) is 5.73 Å². The Morgan fingerprint density at radius 1 is 1.07 bits per heavy atom. The lowest BCUT2D eigenvalue weighted by Gasteiger charge is -2.26. The summed E-state index contributed by atoms with van der Waals surface area (Å²) in [5.74, 6) is -0.978. The fourth-order valence-corrected chi connectivity index (χ4v) is 4.70. The number of nitrogens with two attached hydrogens (primary N) is 1. The molecule has 0 bridgehead atoms. The molecule has 3 aromatic rings. The average Bonchev–Trinajstić information content (AvgIpc) is 3.15. The van der Waals surface area contributed by atoms with Gasteiger partial charge in [0.1, 0.15) is 11.6 Å². The average molecular weight is 565 g/mol. The number of anilines is 3. The third-order valence-electron chi connectivity index (χ3n) is 6.63. The quantitative estimate of drug-likeness (QED) is 0.183. The summed E-state index contributed by atoms with van der Waals surface area (Å²) in [7, 11) is 2.09. The normalized spacial score (nSPS) is 13.8. The van der Waals surface area contributed by atoms with Gasteiger partial charge in [-0.25, -0.2) is 4.79 Å². The topological polar surface area (TPSA) is 144 Å². The lowest BCUT2D eigenvalue weighted by molar-refractivity contribution is -0.139. The van der Waals surface area contributed by atoms with E-state index < -0.39 is 12.6 Å². The molecule has 1 heterocycles. The van der Waals surface area contributed by atoms with E-state index in [1.807, 2.05) is 18.2 Å². The standard InChI is InChI=1S/C29H33ClN6O4/c1-35-12-3-13-36(15-14-35)25-5-2-4-20(27(25)40-18-26(37)38)17-33-24-11-8-21(30)16-23(24)29(39)34-22-9-6-19(7-10-22)28(31)32/h2,4-11,16,33H,3,12-15,17-18H2,1H3,(H3,31,32)(H,34,39)(H,37,38). The summed E-state index contributed by atoms with van der Waals surface area (Å²) < 4.78 is 5.82. The number of carbonyl (C=O) groups excluding carboxylic acids is 1. The van der Waals surface area contributed by atoms with Crippen molar-refractivity contribution < 1.29 is 19.4 Å². The molecule has 11 heteroatoms. The maximum absolute atomic E-state index is 13.2. The van der Waals surface area contributed by atoms with E-state index in [9.17, 15) is 14.7 Å². The predicted molar refractivity (Wildman–Crippen MR) is 158 cm³/mol. The Morgan fingerprint density at radius 2 is 1.85 bits per heavy atom. The molecule has 0 aliphatic carbocycles. The minimum Gasteiger partial charge on any atom is -0.479 e. The molecule has 4 rings (SSSR count). The van der Waals surface area contributed by atoms with Crippen molar-refractivity contribution in [3.8, 4) is 5.75 Å². The molecule has 1 aliphatic heterocycles. The van der Waals surface area contributed by atoms with Crippen LogP contribution in [0, 0.1) is 5.41 Å². The summed E-state index contributed by atoms with van der Waals surface area (Å²) in [5.41, 5.74) is 9.10. The summed E-state index contributed by atoms with van der Waals surface area (Å²) in [6, 6.07) is 17.4. The van der Waals surface area contributed by atoms with Crippen LogP contribution in [0.2, 0.25) is 5.02 Å². The Morgan fingerprint density at radius 3 is 2.58 bits per heavy atom. The number of nitrogen functional groups attached to an aromatic ring is 1. The number of halogens is 1. The number of amidine groups is 1. The number of carboxylic acids is 1. The van der Waals surface area contributed by atoms with Crippen LogP contribution in [-0.2, 0) is 11.3 Å². The maximum atomic E-state index is 13.2. The van der Waals surface area contributed by atoms with Gasteiger partial charge >= 0.3 is 5.97 Å². The van der Waals surface area contributed by atoms with E-state index in [4.69, 9.17) is 27.5 Å². The van der Waals surface area contributed by atoms with Crippen molar-refractivity contribution in [2.45, 2.75) is 13.0 Å². The van der Waals surface area contributed by atoms with Crippen molar-refractivity contribution >= 4 is 46.4 Å². The molecule has 0 radical (unpaired) electrons. The Kier molecular flexibility index (Phi) is 9.47. The minimum absolute atomic E-state index is 0.0573. The zero-order valence-electron chi connectivity index (χ0n) is 22.2. The molecule has 1 amide bonds. The van der Waals surface area contributed by atoms with E-state index in [2.05, 4.69) is 27.5 Å². The number of hydrogen-bond acceptors (Lipinski definition) is 7. The molecular weight excluding hydrogens is 532 g/mol. The van der Waals surface area contributed by atoms with Crippen LogP contribution in [0.1, 0.15) is 27.9 Å². The number of hydrogen-bond donors (Lipinski definition) is 5. The van der Waals surface area contributed by atoms with Crippen molar-refractivity contribution in [1.82, 2.24) is 4.90 Å². The molecule has 0 spiro atoms. The molecule has 0 atom stereocenters. The van der Waals surface area contributed by atoms with Gasteiger partial charge in [-0.1, -0.05) is 23.7 Å². The SMILES string of the molecule is CN1CCCN(c2cccc(CNc3ccc(Cl)cc3C(=O)Nc3ccc(C(=N)N)cc3)c2OCC(=O)O)CC1. The van der Waals surface area contributed by atoms with Gasteiger partial charge in [0.15, 0.2) is 6.61 Å². The number of benzene rings is 3. The molecule has 0 aromatic heterocycles. The number of nitrogens with zero attached hydrogens (tertiary/aromatic N) is 2. The van der Waals surface area contributed by atoms with Gasteiger partial charge in [-0.3, -0.25) is 10.2 Å². The Bertz CT molecular complexity index is 1380. The number of aliphatic carboxylic acids is 1. The van der Waals surface area contributed by atoms with Gasteiger partial charge in [-0.15, -0.1) is 0 Å². The number of para-hydroxylation sites is 1. The number of nitrogens with one attached hydrogen (secondary N) is 3. The second kappa shape index (κ2) is 13.2. The van der Waals surface area contributed by atoms with E-state index in [0.29, 0.717) is 33.3 Å². The zero-order valence-corrected chi connectivity index (χ0v) is 23.0. The van der Waals surface area contributed by atoms with Gasteiger partial charge in [0.05, 0.1) is 11.3 Å². The van der Waals surface area contributed by atoms with Gasteiger partial charge in [-0.05, 0) is 68.5 Å². The minimum atomic E-state index is -1.06. The van der Waals surface area contributed by atoms with Gasteiger partial charge in [0.2, 0.25) is 0 Å². The molecule has 1 fully saturated rings. The highest BCUT2D eigenvalue weighted by Crippen LogP contribution is 2.34. The number of carbonyl (C=O) groups is 2. The molecule has 10 nitrogen and oxygen atoms in total. The molecule has 3 aromatic carbocycles. The van der Waals surface area contributed by atoms with E-state index in [-0.39, 0.29) is 18.3 Å². The first kappa shape index (κ1) is 28.7. The van der Waals surface area contributed by atoms with Gasteiger partial charge in [-0.2, -0.15) is 0 Å². The number of carboxylic acid groups (broad SMARTS) is 1. The molecule has 1 aliphatic rings. The predicted octanol–water partition coefficient (Wildman–Crippen LogP) is 4.09. The molecular formula is C29H33ClN6O4. The third kappa shape index (κ3) is 7.43. The molecule has 40 heavy (non-hydrogen) atoms. The molecule has 6 N–H and O–H groups in total. The van der Waals surface area contributed by atoms with Gasteiger partial charge in [0.25, 0.3) is 5.91 Å². The zero-order chi connectivity index (χ0) is 28.6. The highest BCUT2D eigenvalue weighted by Gasteiger charge is 2.20. The first-order valence-electron chi connectivity index (χ1n) is 12.9. The van der Waals surface area contributed by atoms with E-state index in [1.54, 1.807) is 42.5 Å². The Balaban J connectivity index is 1.57. The lowest BCUT2D eigenvalue weighted by atomic mass is 10.1. The fraction of sp³-hybridized carbons (Fsp3) is 0.276. The monoisotopic (exact) mass is 564 g/mol. The van der Waals surface area contributed by atoms with Crippen LogP contribution in [0.3, 0.4) is 0 Å². The fourth-order valence-electron chi connectivity index (χ4n) is 4.53. The van der Waals surface area contributed by atoms with Crippen molar-refractivity contribution in [3.05, 3.63) is 82.4 Å². The van der Waals surface area contributed by atoms with Crippen LogP contribution in [0.25, 0.3) is 0 Å². The van der Waals surface area contributed by atoms with Crippen LogP contribution in [-0.4, -0.2) is 67.6 Å². The number of ether oxygens (including phenoxy) is 1. The van der Waals surface area contributed by atoms with Crippen LogP contribution in [0.15, 0.2) is 60.7 Å². The summed E-state index contributed by atoms with van der Waals surface area (Å²) in [4.78, 5) is 29.1. The van der Waals surface area contributed by atoms with Gasteiger partial charge < -0.3 is 36.0 Å². The summed E-state index contributed by atoms with van der Waals surface area (Å²) in [5, 5.41) is 23.4. The van der Waals surface area contributed by atoms with Crippen LogP contribution in [0.4, 0.5) is 17.1 Å². The van der Waals surface area contributed by atoms with E-state index in [1.165, 1.54) is 0 Å².